The van der Waals surface area contributed by atoms with Gasteiger partial charge >= 0.3 is 0 Å². The first-order valence-corrected chi connectivity index (χ1v) is 7.28. The van der Waals surface area contributed by atoms with Crippen LogP contribution in [0.1, 0.15) is 17.5 Å². The highest BCUT2D eigenvalue weighted by Crippen LogP contribution is 2.15. The van der Waals surface area contributed by atoms with Gasteiger partial charge in [0.1, 0.15) is 5.75 Å². The highest BCUT2D eigenvalue weighted by atomic mass is 16.5. The number of carbonyl (C=O) groups is 1. The molecule has 4 nitrogen and oxygen atoms in total. The Kier molecular flexibility index (Phi) is 6.18. The van der Waals surface area contributed by atoms with Crippen molar-refractivity contribution in [3.63, 3.8) is 0 Å². The van der Waals surface area contributed by atoms with Crippen LogP contribution in [0.15, 0.2) is 59.7 Å². The number of ether oxygens (including phenoxy) is 1. The van der Waals surface area contributed by atoms with E-state index in [1.165, 1.54) is 5.56 Å². The number of aryl methyl sites for hydroxylation is 2. The van der Waals surface area contributed by atoms with Gasteiger partial charge in [-0.3, -0.25) is 4.79 Å². The average Bonchev–Trinajstić information content (AvgIpc) is 2.55. The SMILES string of the molecule is Cc1ccccc1OCC(=O)N/N=C/CCc1ccccc1. The summed E-state index contributed by atoms with van der Waals surface area (Å²) >= 11 is 0. The minimum Gasteiger partial charge on any atom is -0.483 e. The molecule has 0 saturated carbocycles. The maximum absolute atomic E-state index is 11.6. The first kappa shape index (κ1) is 15.8. The lowest BCUT2D eigenvalue weighted by molar-refractivity contribution is -0.123. The third-order valence-corrected chi connectivity index (χ3v) is 3.14. The first-order chi connectivity index (χ1) is 10.8. The lowest BCUT2D eigenvalue weighted by Gasteiger charge is -2.07. The molecule has 0 heterocycles. The Labute approximate surface area is 130 Å². The highest BCUT2D eigenvalue weighted by molar-refractivity contribution is 5.78. The molecule has 0 aromatic heterocycles. The molecule has 2 aromatic carbocycles. The Morgan fingerprint density at radius 3 is 2.64 bits per heavy atom. The molecule has 114 valence electrons. The van der Waals surface area contributed by atoms with Crippen LogP contribution < -0.4 is 10.2 Å². The molecule has 2 rings (SSSR count). The van der Waals surface area contributed by atoms with Gasteiger partial charge in [0, 0.05) is 6.21 Å². The van der Waals surface area contributed by atoms with Gasteiger partial charge in [-0.1, -0.05) is 48.5 Å². The Balaban J connectivity index is 1.65. The third-order valence-electron chi connectivity index (χ3n) is 3.14. The van der Waals surface area contributed by atoms with Crippen molar-refractivity contribution in [2.45, 2.75) is 19.8 Å². The minimum absolute atomic E-state index is 0.0408. The summed E-state index contributed by atoms with van der Waals surface area (Å²) in [6, 6.07) is 17.7. The van der Waals surface area contributed by atoms with Gasteiger partial charge < -0.3 is 4.74 Å². The molecule has 2 aromatic rings. The van der Waals surface area contributed by atoms with E-state index in [-0.39, 0.29) is 12.5 Å². The molecule has 0 atom stereocenters. The molecule has 0 aliphatic heterocycles. The molecule has 0 aliphatic rings. The lowest BCUT2D eigenvalue weighted by atomic mass is 10.1. The van der Waals surface area contributed by atoms with Gasteiger partial charge in [0.15, 0.2) is 6.61 Å². The molecule has 0 radical (unpaired) electrons. The largest absolute Gasteiger partial charge is 0.483 e. The normalized spacial score (nSPS) is 10.6. The molecule has 0 unspecified atom stereocenters. The fourth-order valence-electron chi connectivity index (χ4n) is 1.95. The van der Waals surface area contributed by atoms with Crippen molar-refractivity contribution in [1.82, 2.24) is 5.43 Å². The van der Waals surface area contributed by atoms with Crippen molar-refractivity contribution in [2.75, 3.05) is 6.61 Å². The molecule has 1 amide bonds. The van der Waals surface area contributed by atoms with Crippen LogP contribution in [-0.2, 0) is 11.2 Å². The van der Waals surface area contributed by atoms with E-state index in [0.717, 1.165) is 18.4 Å². The zero-order valence-electron chi connectivity index (χ0n) is 12.7. The number of benzene rings is 2. The van der Waals surface area contributed by atoms with Crippen LogP contribution in [0.5, 0.6) is 5.75 Å². The molecule has 0 aliphatic carbocycles. The van der Waals surface area contributed by atoms with E-state index < -0.39 is 0 Å². The second-order valence-electron chi connectivity index (χ2n) is 4.93. The summed E-state index contributed by atoms with van der Waals surface area (Å²) in [6.45, 7) is 1.90. The van der Waals surface area contributed by atoms with Gasteiger partial charge in [0.25, 0.3) is 5.91 Å². The molecular formula is C18H20N2O2. The summed E-state index contributed by atoms with van der Waals surface area (Å²) < 4.78 is 5.44. The van der Waals surface area contributed by atoms with E-state index in [2.05, 4.69) is 22.7 Å². The fourth-order valence-corrected chi connectivity index (χ4v) is 1.95. The minimum atomic E-state index is -0.265. The smallest absolute Gasteiger partial charge is 0.277 e. The molecule has 22 heavy (non-hydrogen) atoms. The van der Waals surface area contributed by atoms with Crippen LogP contribution in [0.25, 0.3) is 0 Å². The Hall–Kier alpha value is -2.62. The molecular weight excluding hydrogens is 276 g/mol. The summed E-state index contributed by atoms with van der Waals surface area (Å²) in [6.07, 6.45) is 3.39. The number of rotatable bonds is 7. The zero-order valence-corrected chi connectivity index (χ0v) is 12.7. The van der Waals surface area contributed by atoms with Crippen LogP contribution in [0.2, 0.25) is 0 Å². The van der Waals surface area contributed by atoms with Crippen molar-refractivity contribution >= 4 is 12.1 Å². The first-order valence-electron chi connectivity index (χ1n) is 7.28. The van der Waals surface area contributed by atoms with Gasteiger partial charge in [0.2, 0.25) is 0 Å². The van der Waals surface area contributed by atoms with Gasteiger partial charge in [-0.05, 0) is 37.0 Å². The van der Waals surface area contributed by atoms with Crippen LogP contribution in [0.3, 0.4) is 0 Å². The second-order valence-corrected chi connectivity index (χ2v) is 4.93. The number of nitrogens with zero attached hydrogens (tertiary/aromatic N) is 1. The van der Waals surface area contributed by atoms with Crippen molar-refractivity contribution in [2.24, 2.45) is 5.10 Å². The lowest BCUT2D eigenvalue weighted by Crippen LogP contribution is -2.24. The van der Waals surface area contributed by atoms with Crippen LogP contribution >= 0.6 is 0 Å². The third kappa shape index (κ3) is 5.40. The average molecular weight is 296 g/mol. The van der Waals surface area contributed by atoms with E-state index in [1.54, 1.807) is 6.21 Å². The van der Waals surface area contributed by atoms with Crippen LogP contribution in [0.4, 0.5) is 0 Å². The molecule has 0 spiro atoms. The topological polar surface area (TPSA) is 50.7 Å². The van der Waals surface area contributed by atoms with Crippen molar-refractivity contribution in [3.05, 3.63) is 65.7 Å². The van der Waals surface area contributed by atoms with E-state index >= 15 is 0 Å². The summed E-state index contributed by atoms with van der Waals surface area (Å²) in [5.41, 5.74) is 4.72. The number of hydrogen-bond acceptors (Lipinski definition) is 3. The summed E-state index contributed by atoms with van der Waals surface area (Å²) in [5, 5.41) is 3.92. The van der Waals surface area contributed by atoms with Crippen molar-refractivity contribution in [1.29, 1.82) is 0 Å². The van der Waals surface area contributed by atoms with Crippen LogP contribution in [0, 0.1) is 6.92 Å². The maximum atomic E-state index is 11.6. The number of hydrazone groups is 1. The number of amides is 1. The molecule has 4 heteroatoms. The quantitative estimate of drug-likeness (QED) is 0.630. The monoisotopic (exact) mass is 296 g/mol. The summed E-state index contributed by atoms with van der Waals surface area (Å²) in [4.78, 5) is 11.6. The van der Waals surface area contributed by atoms with Crippen molar-refractivity contribution < 1.29 is 9.53 Å². The Bertz CT molecular complexity index is 624. The highest BCUT2D eigenvalue weighted by Gasteiger charge is 2.02. The number of nitrogens with one attached hydrogen (secondary N) is 1. The second kappa shape index (κ2) is 8.62. The van der Waals surface area contributed by atoms with E-state index in [1.807, 2.05) is 49.4 Å². The Morgan fingerprint density at radius 1 is 1.14 bits per heavy atom. The Morgan fingerprint density at radius 2 is 1.86 bits per heavy atom. The number of hydrogen-bond donors (Lipinski definition) is 1. The molecule has 1 N–H and O–H groups in total. The number of carbonyl (C=O) groups excluding carboxylic acids is 1. The zero-order chi connectivity index (χ0) is 15.6. The van der Waals surface area contributed by atoms with Crippen LogP contribution in [-0.4, -0.2) is 18.7 Å². The van der Waals surface area contributed by atoms with E-state index in [9.17, 15) is 4.79 Å². The van der Waals surface area contributed by atoms with Gasteiger partial charge in [-0.25, -0.2) is 5.43 Å². The predicted molar refractivity (Wildman–Crippen MR) is 88.1 cm³/mol. The van der Waals surface area contributed by atoms with E-state index in [0.29, 0.717) is 5.75 Å². The van der Waals surface area contributed by atoms with Crippen molar-refractivity contribution in [3.8, 4) is 5.75 Å². The van der Waals surface area contributed by atoms with Gasteiger partial charge in [-0.2, -0.15) is 5.10 Å². The maximum Gasteiger partial charge on any atom is 0.277 e. The predicted octanol–water partition coefficient (Wildman–Crippen LogP) is 3.11. The summed E-state index contributed by atoms with van der Waals surface area (Å²) in [5.74, 6) is 0.449. The van der Waals surface area contributed by atoms with Gasteiger partial charge in [0.05, 0.1) is 0 Å². The fraction of sp³-hybridized carbons (Fsp3) is 0.222. The summed E-state index contributed by atoms with van der Waals surface area (Å²) in [7, 11) is 0. The molecule has 0 fully saturated rings. The standard InChI is InChI=1S/C18H20N2O2/c1-15-8-5-6-12-17(15)22-14-18(21)20-19-13-7-11-16-9-3-2-4-10-16/h2-6,8-10,12-13H,7,11,14H2,1H3,(H,20,21)/b19-13+. The van der Waals surface area contributed by atoms with E-state index in [4.69, 9.17) is 4.74 Å². The van der Waals surface area contributed by atoms with Gasteiger partial charge in [-0.15, -0.1) is 0 Å². The number of para-hydroxylation sites is 1. The molecule has 0 saturated heterocycles. The molecule has 0 bridgehead atoms.